The average Bonchev–Trinajstić information content (AvgIpc) is 2.88. The minimum Gasteiger partial charge on any atom is -0.352 e. The van der Waals surface area contributed by atoms with Gasteiger partial charge in [-0.05, 0) is 75.2 Å². The number of nitrogens with one attached hydrogen (secondary N) is 1. The highest BCUT2D eigenvalue weighted by Gasteiger charge is 2.32. The van der Waals surface area contributed by atoms with E-state index >= 15 is 0 Å². The number of anilines is 1. The second-order valence-electron chi connectivity index (χ2n) is 9.25. The normalized spacial score (nSPS) is 12.2. The molecule has 0 aliphatic rings. The largest absolute Gasteiger partial charge is 0.352 e. The molecular weight excluding hydrogens is 545 g/mol. The molecule has 0 spiro atoms. The molecule has 0 saturated heterocycles. The Morgan fingerprint density at radius 2 is 1.55 bits per heavy atom. The van der Waals surface area contributed by atoms with E-state index in [0.29, 0.717) is 10.0 Å². The van der Waals surface area contributed by atoms with Gasteiger partial charge in [-0.25, -0.2) is 8.42 Å². The van der Waals surface area contributed by atoms with E-state index < -0.39 is 28.5 Å². The van der Waals surface area contributed by atoms with Crippen molar-refractivity contribution in [2.24, 2.45) is 0 Å². The molecule has 0 aliphatic heterocycles. The Bertz CT molecular complexity index is 1380. The van der Waals surface area contributed by atoms with Crippen LogP contribution in [0.1, 0.15) is 31.9 Å². The predicted molar refractivity (Wildman–Crippen MR) is 152 cm³/mol. The average molecular weight is 577 g/mol. The van der Waals surface area contributed by atoms with Crippen LogP contribution in [0.3, 0.4) is 0 Å². The van der Waals surface area contributed by atoms with Crippen LogP contribution in [-0.4, -0.2) is 43.8 Å². The first-order valence-electron chi connectivity index (χ1n) is 12.1. The summed E-state index contributed by atoms with van der Waals surface area (Å²) in [6.45, 7) is 6.61. The number of sulfonamides is 1. The summed E-state index contributed by atoms with van der Waals surface area (Å²) in [7, 11) is -4.15. The van der Waals surface area contributed by atoms with E-state index in [0.717, 1.165) is 15.4 Å². The molecule has 0 aliphatic carbocycles. The molecule has 0 heterocycles. The molecular formula is C28H31Cl2N3O4S. The molecule has 0 saturated carbocycles. The number of carbonyl (C=O) groups is 2. The minimum atomic E-state index is -4.15. The molecule has 0 aromatic heterocycles. The molecule has 3 aromatic rings. The standard InChI is InChI=1S/C28H31Cl2N3O4S/c1-19(2)31-28(35)21(4)32(17-22-11-13-23(29)14-12-22)27(34)18-33(24-15-10-20(3)26(30)16-24)38(36,37)25-8-6-5-7-9-25/h5-16,19,21H,17-18H2,1-4H3,(H,31,35)/t21-/m1/s1. The third-order valence-electron chi connectivity index (χ3n) is 5.92. The molecule has 0 unspecified atom stereocenters. The van der Waals surface area contributed by atoms with Gasteiger partial charge in [0.1, 0.15) is 12.6 Å². The van der Waals surface area contributed by atoms with E-state index in [2.05, 4.69) is 5.32 Å². The Labute approximate surface area is 234 Å². The Hall–Kier alpha value is -3.07. The number of hydrogen-bond acceptors (Lipinski definition) is 4. The summed E-state index contributed by atoms with van der Waals surface area (Å²) < 4.78 is 28.5. The van der Waals surface area contributed by atoms with E-state index in [1.165, 1.54) is 23.1 Å². The molecule has 38 heavy (non-hydrogen) atoms. The maximum atomic E-state index is 13.8. The third kappa shape index (κ3) is 7.28. The highest BCUT2D eigenvalue weighted by Crippen LogP contribution is 2.28. The van der Waals surface area contributed by atoms with E-state index in [1.54, 1.807) is 68.4 Å². The van der Waals surface area contributed by atoms with Crippen molar-refractivity contribution in [3.05, 3.63) is 94.0 Å². The van der Waals surface area contributed by atoms with Crippen molar-refractivity contribution in [3.8, 4) is 0 Å². The van der Waals surface area contributed by atoms with Gasteiger partial charge in [-0.1, -0.05) is 59.6 Å². The van der Waals surface area contributed by atoms with Crippen LogP contribution < -0.4 is 9.62 Å². The Morgan fingerprint density at radius 3 is 2.13 bits per heavy atom. The summed E-state index contributed by atoms with van der Waals surface area (Å²) in [5, 5.41) is 3.73. The van der Waals surface area contributed by atoms with Gasteiger partial charge in [0.05, 0.1) is 10.6 Å². The van der Waals surface area contributed by atoms with Gasteiger partial charge in [0, 0.05) is 22.6 Å². The molecule has 10 heteroatoms. The van der Waals surface area contributed by atoms with Crippen LogP contribution in [0.5, 0.6) is 0 Å². The Morgan fingerprint density at radius 1 is 0.921 bits per heavy atom. The van der Waals surface area contributed by atoms with Crippen molar-refractivity contribution in [1.29, 1.82) is 0 Å². The lowest BCUT2D eigenvalue weighted by Crippen LogP contribution is -2.52. The van der Waals surface area contributed by atoms with Crippen molar-refractivity contribution in [2.45, 2.75) is 51.2 Å². The van der Waals surface area contributed by atoms with E-state index in [1.807, 2.05) is 13.8 Å². The Balaban J connectivity index is 2.04. The number of carbonyl (C=O) groups excluding carboxylic acids is 2. The fraction of sp³-hybridized carbons (Fsp3) is 0.286. The van der Waals surface area contributed by atoms with Crippen molar-refractivity contribution in [1.82, 2.24) is 10.2 Å². The maximum Gasteiger partial charge on any atom is 0.264 e. The van der Waals surface area contributed by atoms with Crippen LogP contribution in [0.25, 0.3) is 0 Å². The van der Waals surface area contributed by atoms with Crippen molar-refractivity contribution >= 4 is 50.7 Å². The van der Waals surface area contributed by atoms with Crippen LogP contribution in [-0.2, 0) is 26.2 Å². The van der Waals surface area contributed by atoms with Gasteiger partial charge in [0.2, 0.25) is 11.8 Å². The lowest BCUT2D eigenvalue weighted by atomic mass is 10.1. The summed E-state index contributed by atoms with van der Waals surface area (Å²) in [6.07, 6.45) is 0. The molecule has 3 aromatic carbocycles. The number of benzene rings is 3. The number of nitrogens with zero attached hydrogens (tertiary/aromatic N) is 2. The zero-order valence-corrected chi connectivity index (χ0v) is 24.0. The second-order valence-corrected chi connectivity index (χ2v) is 12.0. The van der Waals surface area contributed by atoms with Gasteiger partial charge < -0.3 is 10.2 Å². The highest BCUT2D eigenvalue weighted by atomic mass is 35.5. The number of halogens is 2. The summed E-state index contributed by atoms with van der Waals surface area (Å²) >= 11 is 12.4. The van der Waals surface area contributed by atoms with E-state index in [-0.39, 0.29) is 29.1 Å². The zero-order valence-electron chi connectivity index (χ0n) is 21.7. The summed E-state index contributed by atoms with van der Waals surface area (Å²) in [4.78, 5) is 28.2. The molecule has 2 amide bonds. The first kappa shape index (κ1) is 29.5. The molecule has 7 nitrogen and oxygen atoms in total. The van der Waals surface area contributed by atoms with Gasteiger partial charge >= 0.3 is 0 Å². The zero-order chi connectivity index (χ0) is 28.0. The smallest absolute Gasteiger partial charge is 0.264 e. The van der Waals surface area contributed by atoms with Gasteiger partial charge in [-0.2, -0.15) is 0 Å². The third-order valence-corrected chi connectivity index (χ3v) is 8.37. The first-order chi connectivity index (χ1) is 17.9. The molecule has 202 valence electrons. The maximum absolute atomic E-state index is 13.8. The first-order valence-corrected chi connectivity index (χ1v) is 14.3. The van der Waals surface area contributed by atoms with Crippen LogP contribution >= 0.6 is 23.2 Å². The lowest BCUT2D eigenvalue weighted by Gasteiger charge is -2.32. The number of aryl methyl sites for hydroxylation is 1. The van der Waals surface area contributed by atoms with Gasteiger partial charge in [0.25, 0.3) is 10.0 Å². The second kappa shape index (κ2) is 12.7. The SMILES string of the molecule is Cc1ccc(N(CC(=O)N(Cc2ccc(Cl)cc2)[C@H](C)C(=O)NC(C)C)S(=O)(=O)c2ccccc2)cc1Cl. The fourth-order valence-corrected chi connectivity index (χ4v) is 5.49. The van der Waals surface area contributed by atoms with Crippen molar-refractivity contribution in [2.75, 3.05) is 10.8 Å². The molecule has 0 bridgehead atoms. The molecule has 1 N–H and O–H groups in total. The molecule has 0 fully saturated rings. The predicted octanol–water partition coefficient (Wildman–Crippen LogP) is 5.44. The van der Waals surface area contributed by atoms with Crippen LogP contribution in [0, 0.1) is 6.92 Å². The molecule has 3 rings (SSSR count). The van der Waals surface area contributed by atoms with Gasteiger partial charge in [-0.15, -0.1) is 0 Å². The summed E-state index contributed by atoms with van der Waals surface area (Å²) in [6, 6.07) is 18.6. The van der Waals surface area contributed by atoms with Gasteiger partial charge in [-0.3, -0.25) is 13.9 Å². The van der Waals surface area contributed by atoms with Crippen molar-refractivity contribution < 1.29 is 18.0 Å². The van der Waals surface area contributed by atoms with Crippen LogP contribution in [0.4, 0.5) is 5.69 Å². The molecule has 1 atom stereocenters. The van der Waals surface area contributed by atoms with E-state index in [9.17, 15) is 18.0 Å². The highest BCUT2D eigenvalue weighted by molar-refractivity contribution is 7.92. The number of amides is 2. The monoisotopic (exact) mass is 575 g/mol. The quantitative estimate of drug-likeness (QED) is 0.348. The van der Waals surface area contributed by atoms with E-state index in [4.69, 9.17) is 23.2 Å². The lowest BCUT2D eigenvalue weighted by molar-refractivity contribution is -0.139. The fourth-order valence-electron chi connectivity index (χ4n) is 3.76. The number of hydrogen-bond donors (Lipinski definition) is 1. The molecule has 0 radical (unpaired) electrons. The van der Waals surface area contributed by atoms with Crippen LogP contribution in [0.2, 0.25) is 10.0 Å². The minimum absolute atomic E-state index is 0.0272. The topological polar surface area (TPSA) is 86.8 Å². The Kier molecular flexibility index (Phi) is 9.82. The summed E-state index contributed by atoms with van der Waals surface area (Å²) in [5.41, 5.74) is 1.74. The van der Waals surface area contributed by atoms with Crippen molar-refractivity contribution in [3.63, 3.8) is 0 Å². The van der Waals surface area contributed by atoms with Crippen LogP contribution in [0.15, 0.2) is 77.7 Å². The van der Waals surface area contributed by atoms with Gasteiger partial charge in [0.15, 0.2) is 0 Å². The summed E-state index contributed by atoms with van der Waals surface area (Å²) in [5.74, 6) is -0.902. The number of rotatable bonds is 10.